The van der Waals surface area contributed by atoms with E-state index in [9.17, 15) is 18.0 Å². The van der Waals surface area contributed by atoms with E-state index < -0.39 is 22.6 Å². The molecule has 1 rings (SSSR count). The van der Waals surface area contributed by atoms with Crippen molar-refractivity contribution in [2.75, 3.05) is 0 Å². The van der Waals surface area contributed by atoms with Crippen LogP contribution in [0, 0.1) is 0 Å². The van der Waals surface area contributed by atoms with Crippen LogP contribution in [-0.4, -0.2) is 20.4 Å². The number of hydrogen-bond donors (Lipinski definition) is 1. The first-order valence-electron chi connectivity index (χ1n) is 5.21. The molecule has 0 saturated heterocycles. The number of hydrogen-bond acceptors (Lipinski definition) is 6. The molecule has 0 aliphatic carbocycles. The summed E-state index contributed by atoms with van der Waals surface area (Å²) in [7, 11) is -2.65. The first-order valence-corrected chi connectivity index (χ1v) is 6.45. The lowest BCUT2D eigenvalue weighted by atomic mass is 10.2. The van der Waals surface area contributed by atoms with E-state index in [4.69, 9.17) is 9.47 Å². The number of rotatable bonds is 4. The van der Waals surface area contributed by atoms with E-state index >= 15 is 0 Å². The summed E-state index contributed by atoms with van der Waals surface area (Å²) < 4.78 is 30.6. The number of thiol groups is 1. The van der Waals surface area contributed by atoms with Crippen LogP contribution >= 0.6 is 0 Å². The van der Waals surface area contributed by atoms with Crippen molar-refractivity contribution < 1.29 is 27.5 Å². The average molecular weight is 284 g/mol. The van der Waals surface area contributed by atoms with Crippen LogP contribution in [0.5, 0.6) is 11.5 Å². The summed E-state index contributed by atoms with van der Waals surface area (Å²) in [5.74, 6) is -0.999. The highest BCUT2D eigenvalue weighted by molar-refractivity contribution is 7.75. The van der Waals surface area contributed by atoms with Crippen molar-refractivity contribution in [1.82, 2.24) is 0 Å². The quantitative estimate of drug-likeness (QED) is 0.506. The Morgan fingerprint density at radius 2 is 1.63 bits per heavy atom. The predicted molar refractivity (Wildman–Crippen MR) is 68.4 cm³/mol. The zero-order valence-corrected chi connectivity index (χ0v) is 11.2. The minimum Gasteiger partial charge on any atom is -0.423 e. The topological polar surface area (TPSA) is 86.7 Å². The summed E-state index contributed by atoms with van der Waals surface area (Å²) in [5, 5.41) is 0.980. The molecule has 0 radical (unpaired) electrons. The summed E-state index contributed by atoms with van der Waals surface area (Å²) in [6.07, 6.45) is 1.33. The van der Waals surface area contributed by atoms with Gasteiger partial charge >= 0.3 is 11.9 Å². The molecule has 1 aromatic carbocycles. The fourth-order valence-electron chi connectivity index (χ4n) is 1.25. The van der Waals surface area contributed by atoms with Gasteiger partial charge in [-0.15, -0.1) is 0 Å². The Labute approximate surface area is 111 Å². The molecule has 0 unspecified atom stereocenters. The first kappa shape index (κ1) is 14.9. The highest BCUT2D eigenvalue weighted by Gasteiger charge is 2.10. The van der Waals surface area contributed by atoms with Crippen molar-refractivity contribution in [3.05, 3.63) is 29.2 Å². The molecule has 0 bridgehead atoms. The van der Waals surface area contributed by atoms with Crippen molar-refractivity contribution in [3.8, 4) is 11.5 Å². The molecule has 7 heteroatoms. The third kappa shape index (κ3) is 5.35. The molecule has 0 spiro atoms. The van der Waals surface area contributed by atoms with Crippen LogP contribution in [0.2, 0.25) is 0 Å². The van der Waals surface area contributed by atoms with Gasteiger partial charge in [-0.05, 0) is 23.8 Å². The monoisotopic (exact) mass is 284 g/mol. The maximum atomic E-state index is 11.0. The summed E-state index contributed by atoms with van der Waals surface area (Å²) in [6.45, 7) is 2.42. The molecule has 1 aromatic rings. The molecule has 19 heavy (non-hydrogen) atoms. The van der Waals surface area contributed by atoms with Crippen LogP contribution in [0.1, 0.15) is 19.4 Å². The van der Waals surface area contributed by atoms with Crippen LogP contribution < -0.4 is 9.47 Å². The van der Waals surface area contributed by atoms with Crippen molar-refractivity contribution in [2.24, 2.45) is 0 Å². The zero-order valence-electron chi connectivity index (χ0n) is 10.3. The predicted octanol–water partition coefficient (Wildman–Crippen LogP) is 1.12. The Bertz CT molecular complexity index is 592. The number of carbonyl (C=O) groups is 2. The second-order valence-corrected chi connectivity index (χ2v) is 4.36. The van der Waals surface area contributed by atoms with Gasteiger partial charge in [0.1, 0.15) is 0 Å². The SMILES string of the molecule is CC(=O)Oc1ccc(/C=C/[SH](=O)=O)cc1OC(C)=O. The smallest absolute Gasteiger partial charge is 0.308 e. The van der Waals surface area contributed by atoms with Gasteiger partial charge in [-0.3, -0.25) is 9.59 Å². The van der Waals surface area contributed by atoms with Crippen molar-refractivity contribution in [2.45, 2.75) is 13.8 Å². The van der Waals surface area contributed by atoms with Gasteiger partial charge in [-0.2, -0.15) is 0 Å². The Hall–Kier alpha value is -2.15. The summed E-state index contributed by atoms with van der Waals surface area (Å²) >= 11 is 0. The Kier molecular flexibility index (Phi) is 5.25. The number of esters is 2. The largest absolute Gasteiger partial charge is 0.423 e. The highest BCUT2D eigenvalue weighted by Crippen LogP contribution is 2.29. The van der Waals surface area contributed by atoms with Crippen LogP contribution in [0.15, 0.2) is 23.6 Å². The van der Waals surface area contributed by atoms with Gasteiger partial charge in [0.05, 0.1) is 0 Å². The standard InChI is InChI=1S/C12H12O6S/c1-8(13)17-11-4-3-10(5-6-19(15)16)7-12(11)18-9(2)14/h3-7,19H,1-2H3/b6-5+. The lowest BCUT2D eigenvalue weighted by Gasteiger charge is -2.08. The molecular weight excluding hydrogens is 272 g/mol. The second-order valence-electron chi connectivity index (χ2n) is 3.49. The van der Waals surface area contributed by atoms with E-state index in [1.807, 2.05) is 0 Å². The van der Waals surface area contributed by atoms with Gasteiger partial charge in [0.2, 0.25) is 0 Å². The van der Waals surface area contributed by atoms with Crippen molar-refractivity contribution in [3.63, 3.8) is 0 Å². The van der Waals surface area contributed by atoms with Crippen molar-refractivity contribution >= 4 is 28.7 Å². The minimum atomic E-state index is -2.65. The molecule has 0 aliphatic heterocycles. The third-order valence-electron chi connectivity index (χ3n) is 1.86. The molecule has 0 amide bonds. The summed E-state index contributed by atoms with van der Waals surface area (Å²) in [6, 6.07) is 4.34. The average Bonchev–Trinajstić information content (AvgIpc) is 2.28. The fourth-order valence-corrected chi connectivity index (χ4v) is 1.54. The van der Waals surface area contributed by atoms with Gasteiger partial charge < -0.3 is 9.47 Å². The highest BCUT2D eigenvalue weighted by atomic mass is 32.2. The number of ether oxygens (including phenoxy) is 2. The van der Waals surface area contributed by atoms with E-state index in [1.54, 1.807) is 0 Å². The lowest BCUT2D eigenvalue weighted by molar-refractivity contribution is -0.134. The first-order chi connectivity index (χ1) is 8.88. The molecule has 0 aliphatic rings. The Morgan fingerprint density at radius 3 is 2.16 bits per heavy atom. The fraction of sp³-hybridized carbons (Fsp3) is 0.167. The minimum absolute atomic E-state index is 0.0472. The van der Waals surface area contributed by atoms with Gasteiger partial charge in [0.15, 0.2) is 22.2 Å². The molecule has 102 valence electrons. The van der Waals surface area contributed by atoms with Gasteiger partial charge in [0, 0.05) is 19.3 Å². The molecule has 0 saturated carbocycles. The van der Waals surface area contributed by atoms with Gasteiger partial charge in [-0.1, -0.05) is 6.07 Å². The molecular formula is C12H12O6S. The van der Waals surface area contributed by atoms with Gasteiger partial charge in [-0.25, -0.2) is 8.42 Å². The van der Waals surface area contributed by atoms with E-state index in [0.717, 1.165) is 5.41 Å². The molecule has 0 atom stereocenters. The maximum Gasteiger partial charge on any atom is 0.308 e. The lowest BCUT2D eigenvalue weighted by Crippen LogP contribution is -2.07. The van der Waals surface area contributed by atoms with E-state index in [2.05, 4.69) is 0 Å². The normalized spacial score (nSPS) is 10.7. The van der Waals surface area contributed by atoms with E-state index in [0.29, 0.717) is 5.56 Å². The van der Waals surface area contributed by atoms with Crippen LogP contribution in [-0.2, 0) is 20.3 Å². The van der Waals surface area contributed by atoms with Crippen LogP contribution in [0.4, 0.5) is 0 Å². The Balaban J connectivity index is 3.13. The molecule has 0 aromatic heterocycles. The summed E-state index contributed by atoms with van der Waals surface area (Å²) in [4.78, 5) is 21.8. The van der Waals surface area contributed by atoms with Crippen molar-refractivity contribution in [1.29, 1.82) is 0 Å². The number of carbonyl (C=O) groups excluding carboxylic acids is 2. The van der Waals surface area contributed by atoms with Crippen LogP contribution in [0.3, 0.4) is 0 Å². The second kappa shape index (κ2) is 6.69. The zero-order chi connectivity index (χ0) is 14.4. The Morgan fingerprint density at radius 1 is 1.05 bits per heavy atom. The third-order valence-corrected chi connectivity index (χ3v) is 2.26. The van der Waals surface area contributed by atoms with E-state index in [-0.39, 0.29) is 11.5 Å². The summed E-state index contributed by atoms with van der Waals surface area (Å²) in [5.41, 5.74) is 0.492. The number of benzene rings is 1. The molecule has 0 heterocycles. The van der Waals surface area contributed by atoms with Gasteiger partial charge in [0.25, 0.3) is 0 Å². The molecule has 0 N–H and O–H groups in total. The van der Waals surface area contributed by atoms with E-state index in [1.165, 1.54) is 38.1 Å². The molecule has 0 fully saturated rings. The maximum absolute atomic E-state index is 11.0. The van der Waals surface area contributed by atoms with Crippen LogP contribution in [0.25, 0.3) is 6.08 Å². The molecule has 6 nitrogen and oxygen atoms in total.